The zero-order chi connectivity index (χ0) is 14.8. The van der Waals surface area contributed by atoms with E-state index in [0.29, 0.717) is 18.2 Å². The minimum absolute atomic E-state index is 0.454. The smallest absolute Gasteiger partial charge is 0.465 e. The fraction of sp³-hybridized carbons (Fsp3) is 0.300. The molecule has 0 N–H and O–H groups in total. The molecule has 1 rings (SSSR count). The molecule has 0 aliphatic heterocycles. The normalized spacial score (nSPS) is 12.2. The summed E-state index contributed by atoms with van der Waals surface area (Å²) in [7, 11) is 0.743. The molecule has 0 radical (unpaired) electrons. The first-order chi connectivity index (χ1) is 8.56. The van der Waals surface area contributed by atoms with Gasteiger partial charge in [0.15, 0.2) is 0 Å². The fourth-order valence-electron chi connectivity index (χ4n) is 1.29. The maximum atomic E-state index is 12.6. The highest BCUT2D eigenvalue weighted by Gasteiger charge is 2.40. The Balaban J connectivity index is 3.44. The average Bonchev–Trinajstić information content (AvgIpc) is 2.24. The number of benzene rings is 1. The van der Waals surface area contributed by atoms with E-state index in [2.05, 4.69) is 9.47 Å². The number of alkyl halides is 6. The molecule has 0 aliphatic rings. The maximum Gasteiger partial charge on any atom is 0.573 e. The zero-order valence-corrected chi connectivity index (χ0v) is 9.22. The SMILES string of the molecule is COC(=O)c1c(OC(F)(F)F)cccc1C(F)(F)F. The molecule has 0 unspecified atom stereocenters. The van der Waals surface area contributed by atoms with Crippen LogP contribution in [0.15, 0.2) is 18.2 Å². The molecule has 0 fully saturated rings. The molecule has 1 aromatic rings. The summed E-state index contributed by atoms with van der Waals surface area (Å²) in [5.41, 5.74) is -2.89. The van der Waals surface area contributed by atoms with E-state index >= 15 is 0 Å². The molecule has 3 nitrogen and oxygen atoms in total. The Kier molecular flexibility index (Phi) is 3.97. The zero-order valence-electron chi connectivity index (χ0n) is 9.22. The lowest BCUT2D eigenvalue weighted by Crippen LogP contribution is -2.22. The number of halogens is 6. The van der Waals surface area contributed by atoms with Crippen LogP contribution in [0.1, 0.15) is 15.9 Å². The fourth-order valence-corrected chi connectivity index (χ4v) is 1.29. The van der Waals surface area contributed by atoms with Crippen LogP contribution < -0.4 is 4.74 Å². The van der Waals surface area contributed by atoms with E-state index < -0.39 is 35.4 Å². The van der Waals surface area contributed by atoms with Gasteiger partial charge < -0.3 is 9.47 Å². The Morgan fingerprint density at radius 1 is 1.11 bits per heavy atom. The Hall–Kier alpha value is -1.93. The van der Waals surface area contributed by atoms with Crippen molar-refractivity contribution in [3.05, 3.63) is 29.3 Å². The average molecular weight is 288 g/mol. The van der Waals surface area contributed by atoms with Crippen molar-refractivity contribution in [2.45, 2.75) is 12.5 Å². The third-order valence-corrected chi connectivity index (χ3v) is 1.95. The van der Waals surface area contributed by atoms with Crippen molar-refractivity contribution < 1.29 is 40.6 Å². The molecule has 0 aromatic heterocycles. The number of rotatable bonds is 2. The van der Waals surface area contributed by atoms with E-state index in [9.17, 15) is 31.1 Å². The lowest BCUT2D eigenvalue weighted by molar-refractivity contribution is -0.274. The highest BCUT2D eigenvalue weighted by Crippen LogP contribution is 2.37. The summed E-state index contributed by atoms with van der Waals surface area (Å²) in [4.78, 5) is 11.2. The van der Waals surface area contributed by atoms with Gasteiger partial charge in [-0.05, 0) is 12.1 Å². The van der Waals surface area contributed by atoms with Crippen molar-refractivity contribution >= 4 is 5.97 Å². The van der Waals surface area contributed by atoms with Crippen molar-refractivity contribution in [2.24, 2.45) is 0 Å². The van der Waals surface area contributed by atoms with Gasteiger partial charge in [0.25, 0.3) is 0 Å². The van der Waals surface area contributed by atoms with Crippen molar-refractivity contribution in [3.8, 4) is 5.75 Å². The third-order valence-electron chi connectivity index (χ3n) is 1.95. The van der Waals surface area contributed by atoms with Gasteiger partial charge in [0, 0.05) is 0 Å². The molecule has 0 amide bonds. The standard InChI is InChI=1S/C10H6F6O3/c1-18-8(17)7-5(9(11,12)13)3-2-4-6(7)19-10(14,15)16/h2-4H,1H3. The summed E-state index contributed by atoms with van der Waals surface area (Å²) in [6.07, 6.45) is -10.2. The summed E-state index contributed by atoms with van der Waals surface area (Å²) in [6, 6.07) is 1.74. The van der Waals surface area contributed by atoms with Crippen LogP contribution in [0.4, 0.5) is 26.3 Å². The van der Waals surface area contributed by atoms with Gasteiger partial charge >= 0.3 is 18.5 Å². The Bertz CT molecular complexity index is 477. The quantitative estimate of drug-likeness (QED) is 0.618. The molecule has 9 heteroatoms. The van der Waals surface area contributed by atoms with Crippen molar-refractivity contribution in [3.63, 3.8) is 0 Å². The lowest BCUT2D eigenvalue weighted by Gasteiger charge is -2.16. The second-order valence-electron chi connectivity index (χ2n) is 3.22. The highest BCUT2D eigenvalue weighted by molar-refractivity contribution is 5.94. The summed E-state index contributed by atoms with van der Waals surface area (Å²) in [5.74, 6) is -2.85. The van der Waals surface area contributed by atoms with Gasteiger partial charge in [-0.25, -0.2) is 4.79 Å². The maximum absolute atomic E-state index is 12.6. The number of methoxy groups -OCH3 is 1. The van der Waals surface area contributed by atoms with E-state index in [4.69, 9.17) is 0 Å². The van der Waals surface area contributed by atoms with Gasteiger partial charge in [0.1, 0.15) is 11.3 Å². The first-order valence-electron chi connectivity index (χ1n) is 4.60. The summed E-state index contributed by atoms with van der Waals surface area (Å²) in [6.45, 7) is 0. The molecule has 0 saturated heterocycles. The molecule has 106 valence electrons. The Labute approximate surface area is 102 Å². The molecule has 0 bridgehead atoms. The van der Waals surface area contributed by atoms with Crippen molar-refractivity contribution in [2.75, 3.05) is 7.11 Å². The number of carbonyl (C=O) groups is 1. The topological polar surface area (TPSA) is 35.5 Å². The predicted molar refractivity (Wildman–Crippen MR) is 49.5 cm³/mol. The number of ether oxygens (including phenoxy) is 2. The first-order valence-corrected chi connectivity index (χ1v) is 4.60. The van der Waals surface area contributed by atoms with Crippen LogP contribution in [0, 0.1) is 0 Å². The number of carbonyl (C=O) groups excluding carboxylic acids is 1. The predicted octanol–water partition coefficient (Wildman–Crippen LogP) is 3.39. The van der Waals surface area contributed by atoms with Gasteiger partial charge in [0.05, 0.1) is 12.7 Å². The Morgan fingerprint density at radius 3 is 2.11 bits per heavy atom. The molecule has 0 heterocycles. The number of hydrogen-bond donors (Lipinski definition) is 0. The minimum Gasteiger partial charge on any atom is -0.465 e. The van der Waals surface area contributed by atoms with E-state index in [1.807, 2.05) is 0 Å². The van der Waals surface area contributed by atoms with E-state index in [0.717, 1.165) is 7.11 Å². The molecular weight excluding hydrogens is 282 g/mol. The van der Waals surface area contributed by atoms with Gasteiger partial charge in [-0.2, -0.15) is 13.2 Å². The first kappa shape index (κ1) is 15.1. The van der Waals surface area contributed by atoms with E-state index in [1.165, 1.54) is 0 Å². The monoisotopic (exact) mass is 288 g/mol. The van der Waals surface area contributed by atoms with Crippen LogP contribution in [0.5, 0.6) is 5.75 Å². The van der Waals surface area contributed by atoms with Crippen LogP contribution in [-0.2, 0) is 10.9 Å². The van der Waals surface area contributed by atoms with Gasteiger partial charge in [0.2, 0.25) is 0 Å². The van der Waals surface area contributed by atoms with Gasteiger partial charge in [-0.1, -0.05) is 6.07 Å². The second kappa shape index (κ2) is 4.98. The van der Waals surface area contributed by atoms with E-state index in [1.54, 1.807) is 0 Å². The molecule has 0 atom stereocenters. The summed E-state index contributed by atoms with van der Waals surface area (Å²) in [5, 5.41) is 0. The molecule has 0 aliphatic carbocycles. The molecule has 1 aromatic carbocycles. The van der Waals surface area contributed by atoms with Crippen LogP contribution in [0.25, 0.3) is 0 Å². The molecule has 0 spiro atoms. The summed E-state index contributed by atoms with van der Waals surface area (Å²) < 4.78 is 81.5. The van der Waals surface area contributed by atoms with E-state index in [-0.39, 0.29) is 0 Å². The van der Waals surface area contributed by atoms with Crippen LogP contribution in [0.3, 0.4) is 0 Å². The summed E-state index contributed by atoms with van der Waals surface area (Å²) >= 11 is 0. The molecule has 0 saturated carbocycles. The van der Waals surface area contributed by atoms with Crippen LogP contribution in [-0.4, -0.2) is 19.4 Å². The second-order valence-corrected chi connectivity index (χ2v) is 3.22. The van der Waals surface area contributed by atoms with Crippen LogP contribution >= 0.6 is 0 Å². The lowest BCUT2D eigenvalue weighted by atomic mass is 10.1. The highest BCUT2D eigenvalue weighted by atomic mass is 19.4. The van der Waals surface area contributed by atoms with Gasteiger partial charge in [-0.15, -0.1) is 13.2 Å². The number of hydrogen-bond acceptors (Lipinski definition) is 3. The van der Waals surface area contributed by atoms with Crippen molar-refractivity contribution in [1.82, 2.24) is 0 Å². The van der Waals surface area contributed by atoms with Crippen molar-refractivity contribution in [1.29, 1.82) is 0 Å². The third kappa shape index (κ3) is 3.76. The number of esters is 1. The van der Waals surface area contributed by atoms with Gasteiger partial charge in [-0.3, -0.25) is 0 Å². The van der Waals surface area contributed by atoms with Crippen LogP contribution in [0.2, 0.25) is 0 Å². The molecular formula is C10H6F6O3. The Morgan fingerprint density at radius 2 is 1.68 bits per heavy atom. The minimum atomic E-state index is -5.23. The molecule has 19 heavy (non-hydrogen) atoms. The largest absolute Gasteiger partial charge is 0.573 e.